The molecule has 5 heteroatoms. The fourth-order valence-electron chi connectivity index (χ4n) is 0.726. The molecule has 0 unspecified atom stereocenters. The van der Waals surface area contributed by atoms with E-state index < -0.39 is 0 Å². The maximum Gasteiger partial charge on any atom is 0.334 e. The van der Waals surface area contributed by atoms with Gasteiger partial charge in [0, 0.05) is 12.5 Å². The van der Waals surface area contributed by atoms with Crippen LogP contribution in [0.3, 0.4) is 0 Å². The van der Waals surface area contributed by atoms with Crippen molar-refractivity contribution >= 4 is 11.8 Å². The van der Waals surface area contributed by atoms with E-state index in [1.165, 1.54) is 6.20 Å². The molecule has 0 amide bonds. The first-order valence-corrected chi connectivity index (χ1v) is 3.74. The molecule has 1 rings (SSSR count). The van der Waals surface area contributed by atoms with Crippen LogP contribution in [0.25, 0.3) is 0 Å². The zero-order chi connectivity index (χ0) is 8.97. The van der Waals surface area contributed by atoms with Gasteiger partial charge in [0.2, 0.25) is 0 Å². The van der Waals surface area contributed by atoms with Crippen LogP contribution in [0, 0.1) is 0 Å². The molecule has 5 nitrogen and oxygen atoms in total. The molecule has 0 spiro atoms. The highest BCUT2D eigenvalue weighted by Gasteiger charge is 2.02. The van der Waals surface area contributed by atoms with Crippen LogP contribution in [0.2, 0.25) is 0 Å². The van der Waals surface area contributed by atoms with Gasteiger partial charge in [-0.25, -0.2) is 4.79 Å². The molecule has 0 atom stereocenters. The molecule has 0 aliphatic carbocycles. The molecule has 1 aromatic heterocycles. The zero-order valence-corrected chi connectivity index (χ0v) is 6.86. The number of anilines is 1. The lowest BCUT2D eigenvalue weighted by molar-refractivity contribution is -0.145. The summed E-state index contributed by atoms with van der Waals surface area (Å²) in [6.45, 7) is 1.90. The van der Waals surface area contributed by atoms with Crippen molar-refractivity contribution in [2.75, 3.05) is 5.73 Å². The molecule has 0 aromatic carbocycles. The standard InChI is InChI=1S/C7H11N3O2/c1-2-3-7(11)12-10-5-4-6(8)9-10/h4-5H,2-3H2,1H3,(H2,8,9). The summed E-state index contributed by atoms with van der Waals surface area (Å²) in [5.41, 5.74) is 5.31. The van der Waals surface area contributed by atoms with Crippen LogP contribution < -0.4 is 10.6 Å². The van der Waals surface area contributed by atoms with Gasteiger partial charge in [-0.15, -0.1) is 5.10 Å². The number of hydrogen-bond acceptors (Lipinski definition) is 4. The molecule has 1 heterocycles. The molecule has 0 aliphatic heterocycles. The minimum Gasteiger partial charge on any atom is -0.382 e. The second kappa shape index (κ2) is 3.75. The second-order valence-corrected chi connectivity index (χ2v) is 2.36. The molecule has 0 fully saturated rings. The summed E-state index contributed by atoms with van der Waals surface area (Å²) in [6, 6.07) is 1.55. The van der Waals surface area contributed by atoms with Gasteiger partial charge >= 0.3 is 5.97 Å². The molecule has 12 heavy (non-hydrogen) atoms. The Morgan fingerprint density at radius 2 is 2.58 bits per heavy atom. The largest absolute Gasteiger partial charge is 0.382 e. The highest BCUT2D eigenvalue weighted by molar-refractivity contribution is 5.69. The Morgan fingerprint density at radius 1 is 1.83 bits per heavy atom. The molecule has 0 radical (unpaired) electrons. The predicted octanol–water partition coefficient (Wildman–Crippen LogP) is 0.221. The van der Waals surface area contributed by atoms with Crippen molar-refractivity contribution < 1.29 is 9.63 Å². The van der Waals surface area contributed by atoms with Gasteiger partial charge < -0.3 is 10.6 Å². The number of nitrogens with two attached hydrogens (primary N) is 1. The molecular formula is C7H11N3O2. The molecule has 0 saturated heterocycles. The van der Waals surface area contributed by atoms with Crippen LogP contribution >= 0.6 is 0 Å². The van der Waals surface area contributed by atoms with E-state index in [0.29, 0.717) is 12.2 Å². The van der Waals surface area contributed by atoms with Crippen molar-refractivity contribution in [3.8, 4) is 0 Å². The number of nitrogen functional groups attached to an aromatic ring is 1. The van der Waals surface area contributed by atoms with Crippen molar-refractivity contribution in [1.82, 2.24) is 9.94 Å². The van der Waals surface area contributed by atoms with Gasteiger partial charge in [-0.05, 0) is 6.42 Å². The van der Waals surface area contributed by atoms with Crippen LogP contribution in [0.15, 0.2) is 12.3 Å². The molecule has 66 valence electrons. The van der Waals surface area contributed by atoms with Gasteiger partial charge in [-0.2, -0.15) is 0 Å². The zero-order valence-electron chi connectivity index (χ0n) is 6.86. The van der Waals surface area contributed by atoms with Crippen molar-refractivity contribution in [3.63, 3.8) is 0 Å². The monoisotopic (exact) mass is 169 g/mol. The normalized spacial score (nSPS) is 9.75. The highest BCUT2D eigenvalue weighted by Crippen LogP contribution is 1.94. The smallest absolute Gasteiger partial charge is 0.334 e. The van der Waals surface area contributed by atoms with Crippen molar-refractivity contribution in [3.05, 3.63) is 12.3 Å². The SMILES string of the molecule is CCCC(=O)On1ccc(N)n1. The second-order valence-electron chi connectivity index (χ2n) is 2.36. The third-order valence-electron chi connectivity index (χ3n) is 1.24. The highest BCUT2D eigenvalue weighted by atomic mass is 16.7. The summed E-state index contributed by atoms with van der Waals surface area (Å²) in [5, 5.41) is 3.68. The molecule has 2 N–H and O–H groups in total. The lowest BCUT2D eigenvalue weighted by Crippen LogP contribution is -2.19. The topological polar surface area (TPSA) is 70.1 Å². The van der Waals surface area contributed by atoms with E-state index in [2.05, 4.69) is 5.10 Å². The third kappa shape index (κ3) is 2.26. The van der Waals surface area contributed by atoms with Crippen molar-refractivity contribution in [2.45, 2.75) is 19.8 Å². The number of nitrogens with zero attached hydrogens (tertiary/aromatic N) is 2. The lowest BCUT2D eigenvalue weighted by atomic mass is 10.3. The molecular weight excluding hydrogens is 158 g/mol. The van der Waals surface area contributed by atoms with Gasteiger partial charge in [0.05, 0.1) is 6.20 Å². The number of hydrogen-bond donors (Lipinski definition) is 1. The van der Waals surface area contributed by atoms with E-state index in [9.17, 15) is 4.79 Å². The fourth-order valence-corrected chi connectivity index (χ4v) is 0.726. The van der Waals surface area contributed by atoms with Gasteiger partial charge in [-0.3, -0.25) is 0 Å². The maximum absolute atomic E-state index is 10.9. The number of carbonyl (C=O) groups excluding carboxylic acids is 1. The van der Waals surface area contributed by atoms with Gasteiger partial charge in [0.25, 0.3) is 0 Å². The quantitative estimate of drug-likeness (QED) is 0.702. The van der Waals surface area contributed by atoms with Gasteiger partial charge in [0.1, 0.15) is 5.82 Å². The average Bonchev–Trinajstić information content (AvgIpc) is 2.36. The van der Waals surface area contributed by atoms with Crippen LogP contribution in [0.4, 0.5) is 5.82 Å². The summed E-state index contributed by atoms with van der Waals surface area (Å²) in [4.78, 5) is 16.7. The minimum absolute atomic E-state index is 0.305. The van der Waals surface area contributed by atoms with Crippen LogP contribution in [-0.2, 0) is 4.79 Å². The van der Waals surface area contributed by atoms with Crippen LogP contribution in [0.5, 0.6) is 0 Å². The fraction of sp³-hybridized carbons (Fsp3) is 0.429. The first-order valence-electron chi connectivity index (χ1n) is 3.74. The van der Waals surface area contributed by atoms with E-state index in [1.807, 2.05) is 6.92 Å². The molecule has 0 bridgehead atoms. The Kier molecular flexibility index (Phi) is 2.68. The molecule has 0 aliphatic rings. The summed E-state index contributed by atoms with van der Waals surface area (Å²) >= 11 is 0. The van der Waals surface area contributed by atoms with E-state index >= 15 is 0 Å². The summed E-state index contributed by atoms with van der Waals surface area (Å²) in [5.74, 6) is 0.0277. The number of rotatable bonds is 3. The van der Waals surface area contributed by atoms with Crippen LogP contribution in [0.1, 0.15) is 19.8 Å². The van der Waals surface area contributed by atoms with Gasteiger partial charge in [-0.1, -0.05) is 11.8 Å². The molecule has 1 aromatic rings. The van der Waals surface area contributed by atoms with Crippen molar-refractivity contribution in [1.29, 1.82) is 0 Å². The maximum atomic E-state index is 10.9. The van der Waals surface area contributed by atoms with Crippen molar-refractivity contribution in [2.24, 2.45) is 0 Å². The minimum atomic E-state index is -0.305. The Hall–Kier alpha value is -1.52. The Balaban J connectivity index is 2.46. The van der Waals surface area contributed by atoms with E-state index in [4.69, 9.17) is 10.6 Å². The van der Waals surface area contributed by atoms with E-state index in [1.54, 1.807) is 6.07 Å². The summed E-state index contributed by atoms with van der Waals surface area (Å²) < 4.78 is 0. The Morgan fingerprint density at radius 3 is 3.08 bits per heavy atom. The number of aromatic nitrogens is 2. The van der Waals surface area contributed by atoms with E-state index in [0.717, 1.165) is 11.3 Å². The van der Waals surface area contributed by atoms with Crippen LogP contribution in [-0.4, -0.2) is 15.9 Å². The Bertz CT molecular complexity index is 269. The first kappa shape index (κ1) is 8.58. The molecule has 0 saturated carbocycles. The summed E-state index contributed by atoms with van der Waals surface area (Å²) in [6.07, 6.45) is 2.64. The Labute approximate surface area is 70.1 Å². The lowest BCUT2D eigenvalue weighted by Gasteiger charge is -1.99. The first-order chi connectivity index (χ1) is 5.72. The van der Waals surface area contributed by atoms with E-state index in [-0.39, 0.29) is 5.97 Å². The number of carbonyl (C=O) groups is 1. The average molecular weight is 169 g/mol. The predicted molar refractivity (Wildman–Crippen MR) is 43.1 cm³/mol. The van der Waals surface area contributed by atoms with Gasteiger partial charge in [0.15, 0.2) is 0 Å². The summed E-state index contributed by atoms with van der Waals surface area (Å²) in [7, 11) is 0. The third-order valence-corrected chi connectivity index (χ3v) is 1.24.